The number of imide groups is 1. The number of hydroxylamine groups is 2. The Balaban J connectivity index is 2.09. The maximum atomic E-state index is 12.4. The lowest BCUT2D eigenvalue weighted by Gasteiger charge is -2.25. The van der Waals surface area contributed by atoms with Crippen molar-refractivity contribution in [1.82, 2.24) is 5.06 Å². The Labute approximate surface area is 126 Å². The molecule has 0 saturated heterocycles. The number of carbonyl (C=O) groups excluding carboxylic acids is 2. The van der Waals surface area contributed by atoms with Crippen molar-refractivity contribution in [2.45, 2.75) is 6.92 Å². The first-order chi connectivity index (χ1) is 10.1. The molecule has 0 spiro atoms. The Kier molecular flexibility index (Phi) is 3.31. The topological polar surface area (TPSA) is 55.8 Å². The van der Waals surface area contributed by atoms with Crippen LogP contribution >= 0.6 is 12.2 Å². The first-order valence-electron chi connectivity index (χ1n) is 6.38. The minimum absolute atomic E-state index is 0.259. The zero-order valence-electron chi connectivity index (χ0n) is 11.2. The van der Waals surface area contributed by atoms with Gasteiger partial charge < -0.3 is 9.57 Å². The summed E-state index contributed by atoms with van der Waals surface area (Å²) in [6, 6.07) is 10.5. The average molecular weight is 301 g/mol. The molecule has 6 heteroatoms. The Morgan fingerprint density at radius 1 is 1.10 bits per heavy atom. The molecule has 0 unspecified atom stereocenters. The number of hydrogen-bond acceptors (Lipinski definition) is 5. The Bertz CT molecular complexity index is 721. The second-order valence-electron chi connectivity index (χ2n) is 4.39. The third-order valence-electron chi connectivity index (χ3n) is 3.16. The quantitative estimate of drug-likeness (QED) is 0.630. The van der Waals surface area contributed by atoms with Crippen LogP contribution in [-0.4, -0.2) is 28.7 Å². The summed E-state index contributed by atoms with van der Waals surface area (Å²) in [7, 11) is 0. The van der Waals surface area contributed by atoms with Gasteiger partial charge >= 0.3 is 5.24 Å². The molecule has 5 nitrogen and oxygen atoms in total. The molecule has 106 valence electrons. The first kappa shape index (κ1) is 13.5. The van der Waals surface area contributed by atoms with Crippen molar-refractivity contribution in [3.8, 4) is 0 Å². The fourth-order valence-electron chi connectivity index (χ4n) is 2.31. The van der Waals surface area contributed by atoms with Crippen molar-refractivity contribution in [3.05, 3.63) is 47.5 Å². The predicted molar refractivity (Wildman–Crippen MR) is 79.8 cm³/mol. The summed E-state index contributed by atoms with van der Waals surface area (Å²) in [6.07, 6.45) is 0. The van der Waals surface area contributed by atoms with E-state index < -0.39 is 11.8 Å². The van der Waals surface area contributed by atoms with E-state index in [-0.39, 0.29) is 5.24 Å². The molecule has 1 heterocycles. The molecule has 21 heavy (non-hydrogen) atoms. The summed E-state index contributed by atoms with van der Waals surface area (Å²) in [5.41, 5.74) is 0.809. The third-order valence-corrected chi connectivity index (χ3v) is 3.35. The van der Waals surface area contributed by atoms with Crippen LogP contribution < -0.4 is 0 Å². The minimum atomic E-state index is -0.550. The lowest BCUT2D eigenvalue weighted by Crippen LogP contribution is -2.41. The summed E-state index contributed by atoms with van der Waals surface area (Å²) < 4.78 is 4.97. The molecular weight excluding hydrogens is 290 g/mol. The summed E-state index contributed by atoms with van der Waals surface area (Å²) in [4.78, 5) is 29.9. The average Bonchev–Trinajstić information content (AvgIpc) is 2.49. The van der Waals surface area contributed by atoms with Crippen LogP contribution in [0.15, 0.2) is 36.4 Å². The van der Waals surface area contributed by atoms with Gasteiger partial charge in [-0.15, -0.1) is 0 Å². The molecule has 0 bridgehead atoms. The highest BCUT2D eigenvalue weighted by Crippen LogP contribution is 2.30. The van der Waals surface area contributed by atoms with Crippen LogP contribution in [-0.2, 0) is 9.57 Å². The molecule has 0 N–H and O–H groups in total. The van der Waals surface area contributed by atoms with Crippen LogP contribution in [0.2, 0.25) is 0 Å². The van der Waals surface area contributed by atoms with Gasteiger partial charge in [-0.3, -0.25) is 9.59 Å². The Morgan fingerprint density at radius 2 is 1.67 bits per heavy atom. The van der Waals surface area contributed by atoms with Crippen LogP contribution in [0.25, 0.3) is 10.8 Å². The molecule has 2 aromatic carbocycles. The third kappa shape index (κ3) is 2.13. The highest BCUT2D eigenvalue weighted by molar-refractivity contribution is 7.79. The smallest absolute Gasteiger partial charge is 0.378 e. The normalized spacial score (nSPS) is 13.5. The highest BCUT2D eigenvalue weighted by atomic mass is 32.1. The zero-order valence-corrected chi connectivity index (χ0v) is 12.0. The number of ether oxygens (including phenoxy) is 1. The maximum Gasteiger partial charge on any atom is 0.378 e. The van der Waals surface area contributed by atoms with Crippen molar-refractivity contribution in [2.75, 3.05) is 6.61 Å². The van der Waals surface area contributed by atoms with E-state index in [1.807, 2.05) is 12.1 Å². The van der Waals surface area contributed by atoms with Gasteiger partial charge in [-0.2, -0.15) is 0 Å². The van der Waals surface area contributed by atoms with Gasteiger partial charge in [-0.05, 0) is 24.4 Å². The molecule has 0 radical (unpaired) electrons. The molecule has 0 atom stereocenters. The maximum absolute atomic E-state index is 12.4. The molecule has 0 fully saturated rings. The van der Waals surface area contributed by atoms with E-state index in [9.17, 15) is 9.59 Å². The minimum Gasteiger partial charge on any atom is -0.456 e. The van der Waals surface area contributed by atoms with E-state index in [2.05, 4.69) is 0 Å². The fourth-order valence-corrected chi connectivity index (χ4v) is 2.50. The second-order valence-corrected chi connectivity index (χ2v) is 4.72. The van der Waals surface area contributed by atoms with Crippen molar-refractivity contribution >= 4 is 40.0 Å². The van der Waals surface area contributed by atoms with Crippen molar-refractivity contribution < 1.29 is 19.2 Å². The molecule has 0 aromatic heterocycles. The number of nitrogens with zero attached hydrogens (tertiary/aromatic N) is 1. The zero-order chi connectivity index (χ0) is 15.0. The van der Waals surface area contributed by atoms with Crippen LogP contribution in [0, 0.1) is 0 Å². The standard InChI is InChI=1S/C15H11NO4S/c1-2-19-15(21)20-16-13(17)10-7-3-5-9-6-4-8-11(12(9)10)14(16)18/h3-8H,2H2,1H3. The van der Waals surface area contributed by atoms with Gasteiger partial charge in [0.1, 0.15) is 0 Å². The van der Waals surface area contributed by atoms with Gasteiger partial charge in [0, 0.05) is 17.6 Å². The summed E-state index contributed by atoms with van der Waals surface area (Å²) in [5.74, 6) is -1.10. The van der Waals surface area contributed by atoms with E-state index >= 15 is 0 Å². The van der Waals surface area contributed by atoms with Crippen LogP contribution in [0.3, 0.4) is 0 Å². The number of carbonyl (C=O) groups is 2. The Morgan fingerprint density at radius 3 is 2.19 bits per heavy atom. The van der Waals surface area contributed by atoms with Crippen LogP contribution in [0.5, 0.6) is 0 Å². The van der Waals surface area contributed by atoms with Crippen molar-refractivity contribution in [2.24, 2.45) is 0 Å². The molecule has 0 saturated carbocycles. The summed E-state index contributed by atoms with van der Waals surface area (Å²) >= 11 is 4.83. The number of thiocarbonyl (C=S) groups is 1. The van der Waals surface area contributed by atoms with Gasteiger partial charge in [-0.1, -0.05) is 29.3 Å². The summed E-state index contributed by atoms with van der Waals surface area (Å²) in [6.45, 7) is 2.02. The molecule has 1 aliphatic heterocycles. The molecular formula is C15H11NO4S. The van der Waals surface area contributed by atoms with Crippen molar-refractivity contribution in [3.63, 3.8) is 0 Å². The van der Waals surface area contributed by atoms with Crippen LogP contribution in [0.1, 0.15) is 27.6 Å². The van der Waals surface area contributed by atoms with Crippen molar-refractivity contribution in [1.29, 1.82) is 0 Å². The fraction of sp³-hybridized carbons (Fsp3) is 0.133. The molecule has 2 amide bonds. The summed E-state index contributed by atoms with van der Waals surface area (Å²) in [5, 5.41) is 1.86. The van der Waals surface area contributed by atoms with Gasteiger partial charge in [0.05, 0.1) is 17.7 Å². The van der Waals surface area contributed by atoms with E-state index in [0.29, 0.717) is 28.2 Å². The second kappa shape index (κ2) is 5.14. The van der Waals surface area contributed by atoms with Gasteiger partial charge in [0.25, 0.3) is 11.8 Å². The van der Waals surface area contributed by atoms with E-state index in [1.165, 1.54) is 0 Å². The largest absolute Gasteiger partial charge is 0.456 e. The van der Waals surface area contributed by atoms with Gasteiger partial charge in [-0.25, -0.2) is 0 Å². The number of hydrogen-bond donors (Lipinski definition) is 0. The molecule has 0 aliphatic carbocycles. The molecule has 3 rings (SSSR count). The predicted octanol–water partition coefficient (Wildman–Crippen LogP) is 2.69. The van der Waals surface area contributed by atoms with Crippen LogP contribution in [0.4, 0.5) is 0 Å². The van der Waals surface area contributed by atoms with E-state index in [0.717, 1.165) is 5.39 Å². The molecule has 1 aliphatic rings. The van der Waals surface area contributed by atoms with Gasteiger partial charge in [0.15, 0.2) is 0 Å². The first-order valence-corrected chi connectivity index (χ1v) is 6.79. The van der Waals surface area contributed by atoms with Gasteiger partial charge in [0.2, 0.25) is 0 Å². The monoisotopic (exact) mass is 301 g/mol. The Hall–Kier alpha value is -2.47. The highest BCUT2D eigenvalue weighted by Gasteiger charge is 2.35. The lowest BCUT2D eigenvalue weighted by molar-refractivity contribution is -0.0431. The SMILES string of the molecule is CCOC(=S)ON1C(=O)c2cccc3cccc(c23)C1=O. The lowest BCUT2D eigenvalue weighted by atomic mass is 9.95. The molecule has 2 aromatic rings. The van der Waals surface area contributed by atoms with E-state index in [4.69, 9.17) is 21.8 Å². The number of rotatable bonds is 2. The number of amides is 2. The van der Waals surface area contributed by atoms with E-state index in [1.54, 1.807) is 31.2 Å². The number of benzene rings is 2.